The Morgan fingerprint density at radius 2 is 1.70 bits per heavy atom. The fourth-order valence-corrected chi connectivity index (χ4v) is 6.11. The zero-order valence-electron chi connectivity index (χ0n) is 19.3. The largest absolute Gasteiger partial charge is 0.417 e. The van der Waals surface area contributed by atoms with Crippen molar-refractivity contribution in [3.8, 4) is 0 Å². The molecule has 0 aliphatic heterocycles. The Morgan fingerprint density at radius 3 is 2.38 bits per heavy atom. The Kier molecular flexibility index (Phi) is 10.2. The van der Waals surface area contributed by atoms with E-state index in [0.29, 0.717) is 21.8 Å². The smallest absolute Gasteiger partial charge is 0.354 e. The molecule has 0 saturated heterocycles. The van der Waals surface area contributed by atoms with Crippen LogP contribution in [0, 0.1) is 0 Å². The summed E-state index contributed by atoms with van der Waals surface area (Å²) >= 11 is 13.3. The minimum absolute atomic E-state index is 0.163. The topological polar surface area (TPSA) is 66.5 Å². The maximum Gasteiger partial charge on any atom is 0.417 e. The van der Waals surface area contributed by atoms with Gasteiger partial charge in [-0.2, -0.15) is 24.9 Å². The van der Waals surface area contributed by atoms with E-state index in [1.807, 2.05) is 18.2 Å². The zero-order chi connectivity index (χ0) is 27.1. The minimum atomic E-state index is -4.81. The van der Waals surface area contributed by atoms with Crippen molar-refractivity contribution in [3.05, 3.63) is 94.0 Å². The lowest BCUT2D eigenvalue weighted by Crippen LogP contribution is -2.41. The maximum atomic E-state index is 13.4. The van der Waals surface area contributed by atoms with Gasteiger partial charge in [-0.3, -0.25) is 9.10 Å². The number of anilines is 1. The zero-order valence-corrected chi connectivity index (χ0v) is 22.5. The van der Waals surface area contributed by atoms with Crippen molar-refractivity contribution in [1.29, 1.82) is 0 Å². The first-order valence-corrected chi connectivity index (χ1v) is 14.4. The van der Waals surface area contributed by atoms with E-state index in [4.69, 9.17) is 23.2 Å². The van der Waals surface area contributed by atoms with Crippen LogP contribution in [0.25, 0.3) is 0 Å². The maximum absolute atomic E-state index is 13.4. The van der Waals surface area contributed by atoms with Crippen molar-refractivity contribution in [3.63, 3.8) is 0 Å². The summed E-state index contributed by atoms with van der Waals surface area (Å²) in [7, 11) is -4.35. The molecule has 3 rings (SSSR count). The third-order valence-corrected chi connectivity index (χ3v) is 8.57. The number of hydrogen-bond acceptors (Lipinski definition) is 4. The monoisotopic (exact) mass is 590 g/mol. The highest BCUT2D eigenvalue weighted by Gasteiger charge is 2.35. The molecule has 3 aromatic rings. The molecule has 0 unspecified atom stereocenters. The van der Waals surface area contributed by atoms with Gasteiger partial charge < -0.3 is 5.32 Å². The molecule has 12 heteroatoms. The number of carbonyl (C=O) groups is 1. The number of nitrogens with one attached hydrogen (secondary N) is 1. The molecular weight excluding hydrogens is 568 g/mol. The third-order valence-electron chi connectivity index (χ3n) is 5.11. The molecule has 0 spiro atoms. The van der Waals surface area contributed by atoms with Crippen LogP contribution >= 0.6 is 35.0 Å². The molecule has 3 aromatic carbocycles. The Balaban J connectivity index is 1.68. The van der Waals surface area contributed by atoms with Gasteiger partial charge in [-0.1, -0.05) is 53.5 Å². The summed E-state index contributed by atoms with van der Waals surface area (Å²) < 4.78 is 67.6. The normalized spacial score (nSPS) is 11.8. The highest BCUT2D eigenvalue weighted by molar-refractivity contribution is 7.98. The summed E-state index contributed by atoms with van der Waals surface area (Å²) in [4.78, 5) is 12.5. The van der Waals surface area contributed by atoms with Crippen LogP contribution in [-0.4, -0.2) is 33.2 Å². The Hall–Kier alpha value is -2.40. The quantitative estimate of drug-likeness (QED) is 0.254. The van der Waals surface area contributed by atoms with Crippen LogP contribution in [0.15, 0.2) is 77.7 Å². The molecule has 0 aliphatic carbocycles. The second kappa shape index (κ2) is 12.9. The first-order chi connectivity index (χ1) is 17.5. The number of carbonyl (C=O) groups excluding carboxylic acids is 1. The highest BCUT2D eigenvalue weighted by atomic mass is 35.5. The SMILES string of the molecule is O=C(CN(c1ccc(Cl)c(C(F)(F)F)c1)S(=O)(=O)c1ccccc1)NCCCSCc1cccc(Cl)c1. The highest BCUT2D eigenvalue weighted by Crippen LogP contribution is 2.38. The van der Waals surface area contributed by atoms with E-state index in [1.54, 1.807) is 23.9 Å². The Labute approximate surface area is 228 Å². The van der Waals surface area contributed by atoms with Crippen LogP contribution < -0.4 is 9.62 Å². The van der Waals surface area contributed by atoms with Gasteiger partial charge in [0.2, 0.25) is 5.91 Å². The van der Waals surface area contributed by atoms with Crippen molar-refractivity contribution in [1.82, 2.24) is 5.32 Å². The van der Waals surface area contributed by atoms with Gasteiger partial charge in [-0.25, -0.2) is 8.42 Å². The van der Waals surface area contributed by atoms with Crippen molar-refractivity contribution in [2.75, 3.05) is 23.1 Å². The lowest BCUT2D eigenvalue weighted by molar-refractivity contribution is -0.137. The second-order valence-electron chi connectivity index (χ2n) is 7.87. The molecule has 0 aliphatic rings. The minimum Gasteiger partial charge on any atom is -0.354 e. The average Bonchev–Trinajstić information content (AvgIpc) is 2.85. The molecular formula is C25H23Cl2F3N2O3S2. The number of thioether (sulfide) groups is 1. The number of benzene rings is 3. The number of nitrogens with zero attached hydrogens (tertiary/aromatic N) is 1. The standard InChI is InChI=1S/C25H23Cl2F3N2O3S2/c26-19-7-4-6-18(14-19)17-36-13-5-12-31-24(33)16-32(37(34,35)21-8-2-1-3-9-21)20-10-11-23(27)22(15-20)25(28,29)30/h1-4,6-11,14-15H,5,12-13,16-17H2,(H,31,33). The van der Waals surface area contributed by atoms with Gasteiger partial charge in [-0.05, 0) is 60.2 Å². The van der Waals surface area contributed by atoms with E-state index in [-0.39, 0.29) is 17.1 Å². The first kappa shape index (κ1) is 29.2. The average molecular weight is 592 g/mol. The van der Waals surface area contributed by atoms with Gasteiger partial charge >= 0.3 is 6.18 Å². The van der Waals surface area contributed by atoms with Crippen LogP contribution in [-0.2, 0) is 26.7 Å². The van der Waals surface area contributed by atoms with E-state index in [0.717, 1.165) is 29.2 Å². The van der Waals surface area contributed by atoms with E-state index < -0.39 is 39.2 Å². The van der Waals surface area contributed by atoms with E-state index in [1.165, 1.54) is 24.3 Å². The molecule has 0 saturated carbocycles. The van der Waals surface area contributed by atoms with Gasteiger partial charge in [0.25, 0.3) is 10.0 Å². The molecule has 0 radical (unpaired) electrons. The van der Waals surface area contributed by atoms with Crippen LogP contribution in [0.3, 0.4) is 0 Å². The molecule has 0 bridgehead atoms. The molecule has 0 atom stereocenters. The Morgan fingerprint density at radius 1 is 0.973 bits per heavy atom. The van der Waals surface area contributed by atoms with E-state index in [2.05, 4.69) is 5.32 Å². The summed E-state index contributed by atoms with van der Waals surface area (Å²) in [6.07, 6.45) is -4.19. The fraction of sp³-hybridized carbons (Fsp3) is 0.240. The van der Waals surface area contributed by atoms with Crippen LogP contribution in [0.4, 0.5) is 18.9 Å². The fourth-order valence-electron chi connectivity index (χ4n) is 3.33. The molecule has 5 nitrogen and oxygen atoms in total. The number of alkyl halides is 3. The van der Waals surface area contributed by atoms with Gasteiger partial charge in [0.1, 0.15) is 6.54 Å². The molecule has 0 heterocycles. The summed E-state index contributed by atoms with van der Waals surface area (Å²) in [6, 6.07) is 17.4. The molecule has 1 N–H and O–H groups in total. The lowest BCUT2D eigenvalue weighted by Gasteiger charge is -2.25. The number of amides is 1. The van der Waals surface area contributed by atoms with Crippen molar-refractivity contribution >= 4 is 56.6 Å². The van der Waals surface area contributed by atoms with Gasteiger partial charge in [0.15, 0.2) is 0 Å². The number of rotatable bonds is 11. The van der Waals surface area contributed by atoms with E-state index in [9.17, 15) is 26.4 Å². The number of sulfonamides is 1. The van der Waals surface area contributed by atoms with Gasteiger partial charge in [0.05, 0.1) is 21.2 Å². The predicted octanol–water partition coefficient (Wildman–Crippen LogP) is 6.65. The van der Waals surface area contributed by atoms with Crippen molar-refractivity contribution < 1.29 is 26.4 Å². The van der Waals surface area contributed by atoms with Crippen LogP contribution in [0.5, 0.6) is 0 Å². The summed E-state index contributed by atoms with van der Waals surface area (Å²) in [5, 5.41) is 2.72. The number of halogens is 5. The number of hydrogen-bond donors (Lipinski definition) is 1. The molecule has 0 fully saturated rings. The van der Waals surface area contributed by atoms with E-state index >= 15 is 0 Å². The van der Waals surface area contributed by atoms with Gasteiger partial charge in [0, 0.05) is 17.3 Å². The summed E-state index contributed by atoms with van der Waals surface area (Å²) in [5.41, 5.74) is -0.450. The molecule has 1 amide bonds. The predicted molar refractivity (Wildman–Crippen MR) is 143 cm³/mol. The van der Waals surface area contributed by atoms with Crippen molar-refractivity contribution in [2.45, 2.75) is 23.2 Å². The van der Waals surface area contributed by atoms with Gasteiger partial charge in [-0.15, -0.1) is 0 Å². The van der Waals surface area contributed by atoms with Crippen molar-refractivity contribution in [2.24, 2.45) is 0 Å². The van der Waals surface area contributed by atoms with Crippen LogP contribution in [0.2, 0.25) is 10.0 Å². The Bertz CT molecular complexity index is 1320. The molecule has 0 aromatic heterocycles. The molecule has 37 heavy (non-hydrogen) atoms. The second-order valence-corrected chi connectivity index (χ2v) is 11.7. The first-order valence-electron chi connectivity index (χ1n) is 11.0. The third kappa shape index (κ3) is 8.29. The summed E-state index contributed by atoms with van der Waals surface area (Å²) in [5.74, 6) is 0.823. The summed E-state index contributed by atoms with van der Waals surface area (Å²) in [6.45, 7) is -0.430. The lowest BCUT2D eigenvalue weighted by atomic mass is 10.2. The molecule has 198 valence electrons. The van der Waals surface area contributed by atoms with Crippen LogP contribution in [0.1, 0.15) is 17.5 Å².